The third-order valence-corrected chi connectivity index (χ3v) is 9.20. The Labute approximate surface area is 233 Å². The topological polar surface area (TPSA) is 121 Å². The number of aliphatic hydroxyl groups is 1. The zero-order chi connectivity index (χ0) is 28.4. The molecule has 4 aliphatic rings. The lowest BCUT2D eigenvalue weighted by atomic mass is 9.73. The van der Waals surface area contributed by atoms with E-state index >= 15 is 0 Å². The first-order valence-electron chi connectivity index (χ1n) is 14.0. The molecule has 11 nitrogen and oxygen atoms in total. The van der Waals surface area contributed by atoms with Crippen molar-refractivity contribution in [3.63, 3.8) is 0 Å². The highest BCUT2D eigenvalue weighted by atomic mass is 16.5. The van der Waals surface area contributed by atoms with Crippen molar-refractivity contribution >= 4 is 28.8 Å². The molecule has 1 N–H and O–H groups in total. The number of carbonyl (C=O) groups is 3. The van der Waals surface area contributed by atoms with Crippen LogP contribution in [0.15, 0.2) is 48.6 Å². The van der Waals surface area contributed by atoms with Crippen LogP contribution in [0.3, 0.4) is 0 Å². The minimum absolute atomic E-state index is 0.123. The van der Waals surface area contributed by atoms with E-state index in [4.69, 9.17) is 4.74 Å². The second-order valence-electron chi connectivity index (χ2n) is 11.7. The number of hydrogen-bond donors (Lipinski definition) is 1. The minimum atomic E-state index is -1.37. The second-order valence-corrected chi connectivity index (χ2v) is 11.7. The Balaban J connectivity index is 1.48. The van der Waals surface area contributed by atoms with Crippen LogP contribution in [0.5, 0.6) is 0 Å². The number of ether oxygens (including phenoxy) is 1. The van der Waals surface area contributed by atoms with E-state index in [1.165, 1.54) is 4.90 Å². The summed E-state index contributed by atoms with van der Waals surface area (Å²) >= 11 is 0. The van der Waals surface area contributed by atoms with Gasteiger partial charge < -0.3 is 24.5 Å². The van der Waals surface area contributed by atoms with E-state index in [0.29, 0.717) is 18.5 Å². The molecule has 40 heavy (non-hydrogen) atoms. The lowest BCUT2D eigenvalue weighted by molar-refractivity contribution is -0.158. The number of aliphatic hydroxyl groups excluding tert-OH is 1. The average molecular weight is 549 g/mol. The predicted octanol–water partition coefficient (Wildman–Crippen LogP) is 1.19. The lowest BCUT2D eigenvalue weighted by Gasteiger charge is -2.41. The van der Waals surface area contributed by atoms with Crippen LogP contribution < -0.4 is 0 Å². The number of carbonyl (C=O) groups excluding carboxylic acids is 3. The number of fused-ring (bicyclic) bond motifs is 3. The first-order chi connectivity index (χ1) is 19.2. The van der Waals surface area contributed by atoms with Crippen molar-refractivity contribution in [2.45, 2.75) is 57.1 Å². The molecule has 5 heterocycles. The Morgan fingerprint density at radius 1 is 1.05 bits per heavy atom. The molecule has 2 saturated heterocycles. The van der Waals surface area contributed by atoms with Crippen LogP contribution >= 0.6 is 0 Å². The molecule has 0 aliphatic carbocycles. The highest BCUT2D eigenvalue weighted by Crippen LogP contribution is 2.59. The first kappa shape index (κ1) is 26.6. The Hall–Kier alpha value is -3.57. The van der Waals surface area contributed by atoms with E-state index in [2.05, 4.69) is 10.3 Å². The van der Waals surface area contributed by atoms with Crippen LogP contribution in [0.2, 0.25) is 0 Å². The largest absolute Gasteiger partial charge is 0.394 e. The number of rotatable bonds is 6. The number of nitrogens with zero attached hydrogens (tertiary/aromatic N) is 6. The van der Waals surface area contributed by atoms with Crippen LogP contribution in [-0.2, 0) is 25.8 Å². The van der Waals surface area contributed by atoms with Crippen LogP contribution in [0, 0.1) is 17.8 Å². The predicted molar refractivity (Wildman–Crippen MR) is 145 cm³/mol. The van der Waals surface area contributed by atoms with Crippen LogP contribution in [-0.4, -0.2) is 103 Å². The summed E-state index contributed by atoms with van der Waals surface area (Å²) in [5.74, 6) is -2.66. The molecule has 6 rings (SSSR count). The maximum Gasteiger partial charge on any atom is 0.250 e. The van der Waals surface area contributed by atoms with Crippen LogP contribution in [0.25, 0.3) is 11.0 Å². The molecule has 0 radical (unpaired) electrons. The molecule has 0 saturated carbocycles. The zero-order valence-electron chi connectivity index (χ0n) is 23.3. The molecular formula is C29H36N6O5. The minimum Gasteiger partial charge on any atom is -0.394 e. The third-order valence-electron chi connectivity index (χ3n) is 9.20. The van der Waals surface area contributed by atoms with Crippen LogP contribution in [0.1, 0.15) is 27.2 Å². The molecule has 3 amide bonds. The van der Waals surface area contributed by atoms with Gasteiger partial charge in [0.2, 0.25) is 11.8 Å². The molecule has 2 aromatic rings. The monoisotopic (exact) mass is 548 g/mol. The Morgan fingerprint density at radius 2 is 1.80 bits per heavy atom. The number of aromatic nitrogens is 3. The average Bonchev–Trinajstić information content (AvgIpc) is 3.48. The van der Waals surface area contributed by atoms with Gasteiger partial charge in [0.25, 0.3) is 5.91 Å². The lowest BCUT2D eigenvalue weighted by Crippen LogP contribution is -2.59. The van der Waals surface area contributed by atoms with Crippen molar-refractivity contribution in [1.82, 2.24) is 29.7 Å². The van der Waals surface area contributed by atoms with E-state index in [-0.39, 0.29) is 43.5 Å². The number of para-hydroxylation sites is 1. The smallest absolute Gasteiger partial charge is 0.250 e. The number of amides is 3. The quantitative estimate of drug-likeness (QED) is 0.539. The summed E-state index contributed by atoms with van der Waals surface area (Å²) in [6.07, 6.45) is 7.98. The Kier molecular flexibility index (Phi) is 6.34. The summed E-state index contributed by atoms with van der Waals surface area (Å²) in [4.78, 5) is 47.7. The van der Waals surface area contributed by atoms with E-state index < -0.39 is 35.1 Å². The molecular weight excluding hydrogens is 512 g/mol. The van der Waals surface area contributed by atoms with Crippen molar-refractivity contribution in [2.75, 3.05) is 26.7 Å². The molecule has 1 unspecified atom stereocenters. The molecule has 212 valence electrons. The normalized spacial score (nSPS) is 32.5. The van der Waals surface area contributed by atoms with Gasteiger partial charge >= 0.3 is 0 Å². The first-order valence-corrected chi connectivity index (χ1v) is 14.0. The molecule has 0 bridgehead atoms. The fourth-order valence-electron chi connectivity index (χ4n) is 7.16. The fourth-order valence-corrected chi connectivity index (χ4v) is 7.16. The van der Waals surface area contributed by atoms with Crippen LogP contribution in [0.4, 0.5) is 0 Å². The van der Waals surface area contributed by atoms with Gasteiger partial charge in [0, 0.05) is 20.1 Å². The molecule has 4 aliphatic heterocycles. The summed E-state index contributed by atoms with van der Waals surface area (Å²) in [7, 11) is 1.72. The van der Waals surface area contributed by atoms with Crippen molar-refractivity contribution in [3.8, 4) is 0 Å². The standard InChI is InChI=1S/C29H36N6O5/c1-5-28-12-8-14-32(4)25(37)22(28)23-26(38)35(21(16-36)18(2)3)24-27(39)33(15-9-13-29(23,24)40-28)17-34-20-11-7-6-10-19(20)30-31-34/h6-13,18,21-24,36H,5,14-17H2,1-4H3/t21-,22-,23-,24?,28+,29-/m0/s1. The number of benzene rings is 1. The summed E-state index contributed by atoms with van der Waals surface area (Å²) in [6, 6.07) is 5.84. The number of hydrogen-bond acceptors (Lipinski definition) is 7. The van der Waals surface area contributed by atoms with Gasteiger partial charge in [-0.1, -0.05) is 62.4 Å². The summed E-state index contributed by atoms with van der Waals surface area (Å²) in [6.45, 7) is 6.26. The van der Waals surface area contributed by atoms with Gasteiger partial charge in [-0.3, -0.25) is 14.4 Å². The van der Waals surface area contributed by atoms with E-state index in [1.54, 1.807) is 21.5 Å². The van der Waals surface area contributed by atoms with E-state index in [1.807, 2.05) is 69.3 Å². The molecule has 2 fully saturated rings. The number of likely N-dealkylation sites (tertiary alicyclic amines) is 1. The molecule has 1 spiro atoms. The van der Waals surface area contributed by atoms with Gasteiger partial charge in [0.1, 0.15) is 23.8 Å². The molecule has 11 heteroatoms. The van der Waals surface area contributed by atoms with Crippen molar-refractivity contribution in [3.05, 3.63) is 48.6 Å². The summed E-state index contributed by atoms with van der Waals surface area (Å²) < 4.78 is 8.61. The van der Waals surface area contributed by atoms with Crippen molar-refractivity contribution < 1.29 is 24.2 Å². The van der Waals surface area contributed by atoms with Gasteiger partial charge in [0.15, 0.2) is 0 Å². The molecule has 6 atom stereocenters. The summed E-state index contributed by atoms with van der Waals surface area (Å²) in [5.41, 5.74) is -0.891. The van der Waals surface area contributed by atoms with Gasteiger partial charge in [-0.15, -0.1) is 5.10 Å². The number of likely N-dealkylation sites (N-methyl/N-ethyl adjacent to an activating group) is 1. The maximum atomic E-state index is 14.6. The van der Waals surface area contributed by atoms with E-state index in [9.17, 15) is 19.5 Å². The third kappa shape index (κ3) is 3.60. The van der Waals surface area contributed by atoms with Crippen molar-refractivity contribution in [2.24, 2.45) is 17.8 Å². The maximum absolute atomic E-state index is 14.6. The summed E-state index contributed by atoms with van der Waals surface area (Å²) in [5, 5.41) is 18.9. The SMILES string of the molecule is CC[C@@]12C=CCN(C)C(=O)[C@@H]1[C@H]1C(=O)N([C@@H](CO)C(C)C)C3C(=O)N(Cn4nnc5ccccc54)CC=C[C@@]31O2. The molecule has 1 aromatic carbocycles. The van der Waals surface area contributed by atoms with Gasteiger partial charge in [-0.25, -0.2) is 4.68 Å². The van der Waals surface area contributed by atoms with Gasteiger partial charge in [-0.05, 0) is 24.5 Å². The molecule has 1 aromatic heterocycles. The zero-order valence-corrected chi connectivity index (χ0v) is 23.3. The van der Waals surface area contributed by atoms with Crippen molar-refractivity contribution in [1.29, 1.82) is 0 Å². The van der Waals surface area contributed by atoms with E-state index in [0.717, 1.165) is 5.52 Å². The Morgan fingerprint density at radius 3 is 2.52 bits per heavy atom. The Bertz CT molecular complexity index is 1420. The highest BCUT2D eigenvalue weighted by Gasteiger charge is 2.75. The highest BCUT2D eigenvalue weighted by molar-refractivity contribution is 6.00. The second kappa shape index (κ2) is 9.52. The van der Waals surface area contributed by atoms with Gasteiger partial charge in [-0.2, -0.15) is 0 Å². The fraction of sp³-hybridized carbons (Fsp3) is 0.552. The van der Waals surface area contributed by atoms with Gasteiger partial charge in [0.05, 0.1) is 35.6 Å².